The van der Waals surface area contributed by atoms with E-state index in [1.165, 1.54) is 11.0 Å². The zero-order valence-corrected chi connectivity index (χ0v) is 17.9. The molecule has 0 heterocycles. The molecule has 0 saturated heterocycles. The Morgan fingerprint density at radius 2 is 1.79 bits per heavy atom. The van der Waals surface area contributed by atoms with E-state index in [2.05, 4.69) is 0 Å². The highest BCUT2D eigenvalue weighted by atomic mass is 16.6. The van der Waals surface area contributed by atoms with E-state index < -0.39 is 18.1 Å². The highest BCUT2D eigenvalue weighted by molar-refractivity contribution is 5.92. The molecular formula is C23H31NO5. The maximum Gasteiger partial charge on any atom is 0.410 e. The molecule has 0 fully saturated rings. The molecule has 0 N–H and O–H groups in total. The van der Waals surface area contributed by atoms with E-state index in [0.29, 0.717) is 25.1 Å². The van der Waals surface area contributed by atoms with Crippen molar-refractivity contribution in [3.8, 4) is 0 Å². The lowest BCUT2D eigenvalue weighted by atomic mass is 9.79. The molecule has 2 rings (SSSR count). The predicted molar refractivity (Wildman–Crippen MR) is 110 cm³/mol. The third-order valence-electron chi connectivity index (χ3n) is 4.85. The van der Waals surface area contributed by atoms with Gasteiger partial charge in [-0.25, -0.2) is 9.59 Å². The van der Waals surface area contributed by atoms with Crippen LogP contribution in [0.25, 0.3) is 0 Å². The van der Waals surface area contributed by atoms with Crippen LogP contribution in [-0.4, -0.2) is 35.3 Å². The summed E-state index contributed by atoms with van der Waals surface area (Å²) in [6, 6.07) is 8.56. The minimum Gasteiger partial charge on any atom is -0.445 e. The maximum absolute atomic E-state index is 12.9. The third kappa shape index (κ3) is 6.44. The summed E-state index contributed by atoms with van der Waals surface area (Å²) < 4.78 is 11.0. The number of esters is 1. The lowest BCUT2D eigenvalue weighted by molar-refractivity contribution is -0.147. The first-order valence-electron chi connectivity index (χ1n) is 10.1. The largest absolute Gasteiger partial charge is 0.445 e. The van der Waals surface area contributed by atoms with E-state index in [-0.39, 0.29) is 23.7 Å². The van der Waals surface area contributed by atoms with Crippen LogP contribution < -0.4 is 0 Å². The standard InChI is InChI=1S/C23H31NO5/c1-6-24(22(27)28-15-17-10-8-7-9-11-17)20(16(2)3)21(26)29-19-12-18(25)13-23(4,5)14-19/h7-12,16,20H,6,13-15H2,1-5H3/t20-/m0/s1. The Morgan fingerprint density at radius 1 is 1.14 bits per heavy atom. The first-order valence-corrected chi connectivity index (χ1v) is 10.1. The Hall–Kier alpha value is -2.63. The van der Waals surface area contributed by atoms with Gasteiger partial charge in [-0.1, -0.05) is 58.0 Å². The molecule has 158 valence electrons. The molecule has 1 aromatic rings. The molecule has 1 aliphatic carbocycles. The molecule has 1 aromatic carbocycles. The molecule has 0 radical (unpaired) electrons. The van der Waals surface area contributed by atoms with Crippen molar-refractivity contribution in [3.63, 3.8) is 0 Å². The van der Waals surface area contributed by atoms with Crippen LogP contribution in [0.2, 0.25) is 0 Å². The third-order valence-corrected chi connectivity index (χ3v) is 4.85. The number of carbonyl (C=O) groups is 3. The maximum atomic E-state index is 12.9. The number of carbonyl (C=O) groups excluding carboxylic acids is 3. The lowest BCUT2D eigenvalue weighted by Crippen LogP contribution is -2.49. The van der Waals surface area contributed by atoms with Crippen molar-refractivity contribution in [1.82, 2.24) is 4.90 Å². The molecule has 6 nitrogen and oxygen atoms in total. The molecule has 6 heteroatoms. The number of rotatable bonds is 7. The molecule has 0 bridgehead atoms. The Kier molecular flexibility index (Phi) is 7.59. The molecular weight excluding hydrogens is 370 g/mol. The molecule has 1 atom stereocenters. The summed E-state index contributed by atoms with van der Waals surface area (Å²) >= 11 is 0. The highest BCUT2D eigenvalue weighted by Gasteiger charge is 2.36. The number of ketones is 1. The molecule has 1 aliphatic rings. The number of likely N-dealkylation sites (N-methyl/N-ethyl adjacent to an activating group) is 1. The Bertz CT molecular complexity index is 767. The minimum atomic E-state index is -0.802. The Labute approximate surface area is 172 Å². The van der Waals surface area contributed by atoms with Crippen LogP contribution in [0.5, 0.6) is 0 Å². The summed E-state index contributed by atoms with van der Waals surface area (Å²) in [6.45, 7) is 9.85. The van der Waals surface area contributed by atoms with Crippen LogP contribution in [0.3, 0.4) is 0 Å². The van der Waals surface area contributed by atoms with E-state index in [9.17, 15) is 14.4 Å². The van der Waals surface area contributed by atoms with Gasteiger partial charge < -0.3 is 9.47 Å². The van der Waals surface area contributed by atoms with Gasteiger partial charge in [-0.2, -0.15) is 0 Å². The van der Waals surface area contributed by atoms with Gasteiger partial charge in [0.2, 0.25) is 0 Å². The minimum absolute atomic E-state index is 0.0558. The van der Waals surface area contributed by atoms with Crippen LogP contribution in [0.1, 0.15) is 53.0 Å². The summed E-state index contributed by atoms with van der Waals surface area (Å²) in [5, 5.41) is 0. The van der Waals surface area contributed by atoms with Crippen molar-refractivity contribution in [3.05, 3.63) is 47.7 Å². The normalized spacial score (nSPS) is 16.8. The fourth-order valence-electron chi connectivity index (χ4n) is 3.54. The lowest BCUT2D eigenvalue weighted by Gasteiger charge is -2.33. The van der Waals surface area contributed by atoms with Crippen LogP contribution in [0.15, 0.2) is 42.2 Å². The van der Waals surface area contributed by atoms with E-state index >= 15 is 0 Å². The zero-order chi connectivity index (χ0) is 21.6. The first kappa shape index (κ1) is 22.7. The molecule has 1 amide bonds. The van der Waals surface area contributed by atoms with Gasteiger partial charge in [0, 0.05) is 25.5 Å². The first-order chi connectivity index (χ1) is 13.6. The monoisotopic (exact) mass is 401 g/mol. The number of benzene rings is 1. The van der Waals surface area contributed by atoms with Crippen molar-refractivity contribution < 1.29 is 23.9 Å². The van der Waals surface area contributed by atoms with Gasteiger partial charge in [-0.05, 0) is 23.8 Å². The Balaban J connectivity index is 2.09. The quantitative estimate of drug-likeness (QED) is 0.630. The smallest absolute Gasteiger partial charge is 0.410 e. The second-order valence-electron chi connectivity index (χ2n) is 8.53. The van der Waals surface area contributed by atoms with Crippen molar-refractivity contribution in [2.45, 2.75) is 60.1 Å². The molecule has 0 aromatic heterocycles. The molecule has 0 spiro atoms. The second kappa shape index (κ2) is 9.72. The predicted octanol–water partition coefficient (Wildman–Crippen LogP) is 4.49. The van der Waals surface area contributed by atoms with Crippen LogP contribution in [0, 0.1) is 11.3 Å². The van der Waals surface area contributed by atoms with Gasteiger partial charge in [0.25, 0.3) is 0 Å². The number of allylic oxidation sites excluding steroid dienone is 2. The van der Waals surface area contributed by atoms with Gasteiger partial charge in [0.05, 0.1) is 0 Å². The van der Waals surface area contributed by atoms with Gasteiger partial charge in [0.15, 0.2) is 5.78 Å². The summed E-state index contributed by atoms with van der Waals surface area (Å²) in [6.07, 6.45) is 1.75. The van der Waals surface area contributed by atoms with Gasteiger partial charge in [0.1, 0.15) is 18.4 Å². The van der Waals surface area contributed by atoms with Crippen molar-refractivity contribution >= 4 is 17.8 Å². The SMILES string of the molecule is CCN(C(=O)OCc1ccccc1)[C@H](C(=O)OC1=CC(=O)CC(C)(C)C1)C(C)C. The van der Waals surface area contributed by atoms with Crippen LogP contribution in [0.4, 0.5) is 4.79 Å². The van der Waals surface area contributed by atoms with Crippen molar-refractivity contribution in [2.24, 2.45) is 11.3 Å². The van der Waals surface area contributed by atoms with Crippen LogP contribution in [-0.2, 0) is 25.7 Å². The molecule has 0 saturated carbocycles. The second-order valence-corrected chi connectivity index (χ2v) is 8.53. The topological polar surface area (TPSA) is 72.9 Å². The fraction of sp³-hybridized carbons (Fsp3) is 0.522. The van der Waals surface area contributed by atoms with Crippen LogP contribution >= 0.6 is 0 Å². The number of hydrogen-bond donors (Lipinski definition) is 0. The van der Waals surface area contributed by atoms with Gasteiger partial charge >= 0.3 is 12.1 Å². The van der Waals surface area contributed by atoms with Gasteiger partial charge in [-0.15, -0.1) is 0 Å². The Morgan fingerprint density at radius 3 is 2.34 bits per heavy atom. The summed E-state index contributed by atoms with van der Waals surface area (Å²) in [5.41, 5.74) is 0.613. The average molecular weight is 402 g/mol. The molecule has 0 aliphatic heterocycles. The molecule has 0 unspecified atom stereocenters. The molecule has 29 heavy (non-hydrogen) atoms. The number of amides is 1. The van der Waals surface area contributed by atoms with E-state index in [1.807, 2.05) is 58.0 Å². The highest BCUT2D eigenvalue weighted by Crippen LogP contribution is 2.34. The van der Waals surface area contributed by atoms with E-state index in [1.54, 1.807) is 6.92 Å². The summed E-state index contributed by atoms with van der Waals surface area (Å²) in [4.78, 5) is 38.9. The van der Waals surface area contributed by atoms with Crippen molar-refractivity contribution in [1.29, 1.82) is 0 Å². The summed E-state index contributed by atoms with van der Waals surface area (Å²) in [5.74, 6) is -0.426. The van der Waals surface area contributed by atoms with E-state index in [0.717, 1.165) is 5.56 Å². The summed E-state index contributed by atoms with van der Waals surface area (Å²) in [7, 11) is 0. The van der Waals surface area contributed by atoms with Crippen molar-refractivity contribution in [2.75, 3.05) is 6.54 Å². The van der Waals surface area contributed by atoms with Gasteiger partial charge in [-0.3, -0.25) is 9.69 Å². The number of hydrogen-bond acceptors (Lipinski definition) is 5. The zero-order valence-electron chi connectivity index (χ0n) is 17.9. The fourth-order valence-corrected chi connectivity index (χ4v) is 3.54. The average Bonchev–Trinajstić information content (AvgIpc) is 2.62. The number of nitrogens with zero attached hydrogens (tertiary/aromatic N) is 1. The number of ether oxygens (including phenoxy) is 2. The van der Waals surface area contributed by atoms with E-state index in [4.69, 9.17) is 9.47 Å².